The zero-order chi connectivity index (χ0) is 16.8. The lowest BCUT2D eigenvalue weighted by Gasteiger charge is -2.14. The largest absolute Gasteiger partial charge is 0.496 e. The van der Waals surface area contributed by atoms with Crippen molar-refractivity contribution in [3.05, 3.63) is 46.1 Å². The maximum absolute atomic E-state index is 11.0. The summed E-state index contributed by atoms with van der Waals surface area (Å²) in [6.07, 6.45) is 1.49. The van der Waals surface area contributed by atoms with Gasteiger partial charge in [0.15, 0.2) is 11.5 Å². The van der Waals surface area contributed by atoms with Crippen molar-refractivity contribution in [2.75, 3.05) is 26.6 Å². The smallest absolute Gasteiger partial charge is 0.311 e. The van der Waals surface area contributed by atoms with Crippen LogP contribution in [0.5, 0.6) is 17.2 Å². The van der Waals surface area contributed by atoms with Crippen LogP contribution in [0.4, 0.5) is 11.5 Å². The van der Waals surface area contributed by atoms with Gasteiger partial charge in [0.25, 0.3) is 0 Å². The van der Waals surface area contributed by atoms with Crippen LogP contribution in [0.15, 0.2) is 30.5 Å². The summed E-state index contributed by atoms with van der Waals surface area (Å²) in [6.45, 7) is 0.279. The number of benzene rings is 1. The first-order valence-electron chi connectivity index (χ1n) is 6.72. The number of nitro groups is 1. The fraction of sp³-hybridized carbons (Fsp3) is 0.267. The second-order valence-corrected chi connectivity index (χ2v) is 4.50. The van der Waals surface area contributed by atoms with Gasteiger partial charge in [0.05, 0.1) is 26.3 Å². The molecule has 0 aliphatic heterocycles. The van der Waals surface area contributed by atoms with Crippen LogP contribution >= 0.6 is 0 Å². The number of rotatable bonds is 7. The topological polar surface area (TPSA) is 95.8 Å². The van der Waals surface area contributed by atoms with E-state index in [1.807, 2.05) is 0 Å². The van der Waals surface area contributed by atoms with E-state index in [-0.39, 0.29) is 18.1 Å². The number of aromatic nitrogens is 1. The number of hydrogen-bond donors (Lipinski definition) is 1. The third-order valence-electron chi connectivity index (χ3n) is 3.22. The van der Waals surface area contributed by atoms with Gasteiger partial charge in [-0.25, -0.2) is 4.98 Å². The Balaban J connectivity index is 2.28. The van der Waals surface area contributed by atoms with E-state index in [1.165, 1.54) is 39.7 Å². The van der Waals surface area contributed by atoms with E-state index >= 15 is 0 Å². The Morgan fingerprint density at radius 2 is 1.78 bits per heavy atom. The van der Waals surface area contributed by atoms with Gasteiger partial charge in [-0.3, -0.25) is 10.1 Å². The second kappa shape index (κ2) is 7.30. The first-order valence-corrected chi connectivity index (χ1v) is 6.72. The highest BCUT2D eigenvalue weighted by Gasteiger charge is 2.16. The molecule has 0 saturated carbocycles. The molecule has 23 heavy (non-hydrogen) atoms. The van der Waals surface area contributed by atoms with Gasteiger partial charge < -0.3 is 19.5 Å². The molecule has 2 aromatic rings. The molecule has 0 aliphatic carbocycles. The maximum atomic E-state index is 11.0. The summed E-state index contributed by atoms with van der Waals surface area (Å²) in [6, 6.07) is 6.35. The molecule has 8 heteroatoms. The normalized spacial score (nSPS) is 10.0. The van der Waals surface area contributed by atoms with E-state index in [2.05, 4.69) is 10.3 Å². The molecule has 0 spiro atoms. The van der Waals surface area contributed by atoms with Crippen LogP contribution in [-0.2, 0) is 6.54 Å². The molecule has 0 atom stereocenters. The molecule has 0 fully saturated rings. The highest BCUT2D eigenvalue weighted by Crippen LogP contribution is 2.35. The van der Waals surface area contributed by atoms with E-state index in [9.17, 15) is 10.1 Å². The van der Waals surface area contributed by atoms with Crippen LogP contribution in [0.2, 0.25) is 0 Å². The molecule has 0 unspecified atom stereocenters. The van der Waals surface area contributed by atoms with Crippen LogP contribution in [0, 0.1) is 10.1 Å². The van der Waals surface area contributed by atoms with E-state index < -0.39 is 4.92 Å². The van der Waals surface area contributed by atoms with Gasteiger partial charge in [0.2, 0.25) is 5.82 Å². The highest BCUT2D eigenvalue weighted by molar-refractivity contribution is 5.57. The second-order valence-electron chi connectivity index (χ2n) is 4.50. The van der Waals surface area contributed by atoms with Crippen LogP contribution in [0.25, 0.3) is 0 Å². The van der Waals surface area contributed by atoms with Crippen molar-refractivity contribution in [2.45, 2.75) is 6.54 Å². The Labute approximate surface area is 133 Å². The van der Waals surface area contributed by atoms with Crippen molar-refractivity contribution >= 4 is 11.5 Å². The molecule has 122 valence electrons. The van der Waals surface area contributed by atoms with Gasteiger partial charge in [-0.15, -0.1) is 0 Å². The summed E-state index contributed by atoms with van der Waals surface area (Å²) in [4.78, 5) is 14.5. The predicted molar refractivity (Wildman–Crippen MR) is 84.3 cm³/mol. The molecule has 1 aromatic heterocycles. The number of hydrogen-bond acceptors (Lipinski definition) is 7. The minimum atomic E-state index is -0.485. The van der Waals surface area contributed by atoms with Gasteiger partial charge in [0, 0.05) is 30.4 Å². The Kier molecular flexibility index (Phi) is 5.19. The number of ether oxygens (including phenoxy) is 3. The molecule has 8 nitrogen and oxygen atoms in total. The van der Waals surface area contributed by atoms with Gasteiger partial charge in [-0.05, 0) is 12.1 Å². The van der Waals surface area contributed by atoms with Crippen LogP contribution in [-0.4, -0.2) is 31.2 Å². The Bertz CT molecular complexity index is 706. The zero-order valence-electron chi connectivity index (χ0n) is 13.0. The van der Waals surface area contributed by atoms with Gasteiger partial charge in [-0.2, -0.15) is 0 Å². The fourth-order valence-electron chi connectivity index (χ4n) is 2.09. The van der Waals surface area contributed by atoms with Crippen molar-refractivity contribution < 1.29 is 19.1 Å². The van der Waals surface area contributed by atoms with E-state index in [1.54, 1.807) is 12.1 Å². The van der Waals surface area contributed by atoms with Crippen LogP contribution in [0.1, 0.15) is 5.56 Å². The SMILES string of the molecule is COc1cc(OC)c(OC)cc1CNc1ncccc1[N+](=O)[O-]. The molecule has 1 aromatic carbocycles. The first kappa shape index (κ1) is 16.3. The lowest BCUT2D eigenvalue weighted by molar-refractivity contribution is -0.384. The minimum absolute atomic E-state index is 0.0908. The average molecular weight is 319 g/mol. The Morgan fingerprint density at radius 3 is 2.39 bits per heavy atom. The Hall–Kier alpha value is -3.03. The summed E-state index contributed by atoms with van der Waals surface area (Å²) >= 11 is 0. The number of nitrogens with zero attached hydrogens (tertiary/aromatic N) is 2. The molecule has 0 bridgehead atoms. The summed E-state index contributed by atoms with van der Waals surface area (Å²) in [5, 5.41) is 13.9. The molecular formula is C15H17N3O5. The molecule has 1 heterocycles. The third kappa shape index (κ3) is 3.60. The highest BCUT2D eigenvalue weighted by atomic mass is 16.6. The quantitative estimate of drug-likeness (QED) is 0.619. The summed E-state index contributed by atoms with van der Waals surface area (Å²) in [5.41, 5.74) is 0.664. The predicted octanol–water partition coefficient (Wildman–Crippen LogP) is 2.63. The van der Waals surface area contributed by atoms with Crippen molar-refractivity contribution in [2.24, 2.45) is 0 Å². The monoisotopic (exact) mass is 319 g/mol. The molecule has 0 amide bonds. The number of methoxy groups -OCH3 is 3. The lowest BCUT2D eigenvalue weighted by Crippen LogP contribution is -2.06. The number of anilines is 1. The fourth-order valence-corrected chi connectivity index (χ4v) is 2.09. The lowest BCUT2D eigenvalue weighted by atomic mass is 10.1. The maximum Gasteiger partial charge on any atom is 0.311 e. The molecule has 0 aliphatic rings. The van der Waals surface area contributed by atoms with E-state index in [0.29, 0.717) is 17.2 Å². The summed E-state index contributed by atoms with van der Waals surface area (Å²) in [7, 11) is 4.60. The van der Waals surface area contributed by atoms with Gasteiger partial charge >= 0.3 is 5.69 Å². The first-order chi connectivity index (χ1) is 11.1. The molecular weight excluding hydrogens is 302 g/mol. The number of pyridine rings is 1. The molecule has 0 saturated heterocycles. The third-order valence-corrected chi connectivity index (χ3v) is 3.22. The van der Waals surface area contributed by atoms with Crippen LogP contribution in [0.3, 0.4) is 0 Å². The number of nitrogens with one attached hydrogen (secondary N) is 1. The molecule has 0 radical (unpaired) electrons. The van der Waals surface area contributed by atoms with E-state index in [4.69, 9.17) is 14.2 Å². The summed E-state index contributed by atoms with van der Waals surface area (Å²) < 4.78 is 15.8. The van der Waals surface area contributed by atoms with Crippen LogP contribution < -0.4 is 19.5 Å². The van der Waals surface area contributed by atoms with Crippen molar-refractivity contribution in [3.63, 3.8) is 0 Å². The van der Waals surface area contributed by atoms with Gasteiger partial charge in [0.1, 0.15) is 5.75 Å². The van der Waals surface area contributed by atoms with Crippen molar-refractivity contribution in [1.82, 2.24) is 4.98 Å². The average Bonchev–Trinajstić information content (AvgIpc) is 2.59. The minimum Gasteiger partial charge on any atom is -0.496 e. The van der Waals surface area contributed by atoms with Crippen molar-refractivity contribution in [1.29, 1.82) is 0 Å². The molecule has 1 N–H and O–H groups in total. The Morgan fingerprint density at radius 1 is 1.13 bits per heavy atom. The standard InChI is InChI=1S/C15H17N3O5/c1-21-12-8-14(23-3)13(22-2)7-10(12)9-17-15-11(18(19)20)5-4-6-16-15/h4-8H,9H2,1-3H3,(H,16,17). The molecule has 2 rings (SSSR count). The van der Waals surface area contributed by atoms with Gasteiger partial charge in [-0.1, -0.05) is 0 Å². The van der Waals surface area contributed by atoms with Crippen molar-refractivity contribution in [3.8, 4) is 17.2 Å². The summed E-state index contributed by atoms with van der Waals surface area (Å²) in [5.74, 6) is 1.85. The van der Waals surface area contributed by atoms with E-state index in [0.717, 1.165) is 5.56 Å². The zero-order valence-corrected chi connectivity index (χ0v) is 13.0.